The van der Waals surface area contributed by atoms with E-state index >= 15 is 0 Å². The number of hydrogen-bond donors (Lipinski definition) is 2. The molecule has 4 aliphatic carbocycles. The molecule has 0 radical (unpaired) electrons. The molecule has 38 heavy (non-hydrogen) atoms. The second-order valence-electron chi connectivity index (χ2n) is 14.8. The van der Waals surface area contributed by atoms with E-state index in [1.807, 2.05) is 6.07 Å². The number of piperazine rings is 1. The fraction of sp³-hybridized carbons (Fsp3) is 0.818. The van der Waals surface area contributed by atoms with Gasteiger partial charge in [-0.15, -0.1) is 0 Å². The summed E-state index contributed by atoms with van der Waals surface area (Å²) in [4.78, 5) is 5.06. The summed E-state index contributed by atoms with van der Waals surface area (Å²) in [6.45, 7) is 13.1. The van der Waals surface area contributed by atoms with Gasteiger partial charge in [-0.1, -0.05) is 26.0 Å². The van der Waals surface area contributed by atoms with Crippen molar-refractivity contribution in [2.45, 2.75) is 96.3 Å². The van der Waals surface area contributed by atoms with Gasteiger partial charge >= 0.3 is 0 Å². The maximum atomic E-state index is 11.9. The number of hydrogen-bond acceptors (Lipinski definition) is 5. The Bertz CT molecular complexity index is 1010. The van der Waals surface area contributed by atoms with Gasteiger partial charge in [0, 0.05) is 39.3 Å². The van der Waals surface area contributed by atoms with Crippen molar-refractivity contribution < 1.29 is 14.9 Å². The molecule has 1 heterocycles. The van der Waals surface area contributed by atoms with Crippen LogP contribution < -0.4 is 4.74 Å². The summed E-state index contributed by atoms with van der Waals surface area (Å²) in [5.74, 6) is 3.80. The largest absolute Gasteiger partial charge is 0.497 e. The van der Waals surface area contributed by atoms with Crippen molar-refractivity contribution in [3.05, 3.63) is 29.8 Å². The van der Waals surface area contributed by atoms with Crippen LogP contribution in [0.4, 0.5) is 0 Å². The zero-order valence-corrected chi connectivity index (χ0v) is 24.4. The molecule has 5 heteroatoms. The van der Waals surface area contributed by atoms with Crippen LogP contribution in [-0.4, -0.2) is 71.0 Å². The Morgan fingerprint density at radius 3 is 2.37 bits per heavy atom. The summed E-state index contributed by atoms with van der Waals surface area (Å²) < 4.78 is 5.40. The van der Waals surface area contributed by atoms with E-state index in [9.17, 15) is 10.2 Å². The first-order chi connectivity index (χ1) is 18.1. The molecule has 1 saturated heterocycles. The minimum absolute atomic E-state index is 0.0987. The molecule has 212 valence electrons. The lowest BCUT2D eigenvalue weighted by atomic mass is 9.43. The van der Waals surface area contributed by atoms with Crippen LogP contribution in [-0.2, 0) is 6.54 Å². The first-order valence-corrected chi connectivity index (χ1v) is 15.6. The van der Waals surface area contributed by atoms with Crippen molar-refractivity contribution >= 4 is 0 Å². The minimum Gasteiger partial charge on any atom is -0.497 e. The van der Waals surface area contributed by atoms with E-state index in [0.717, 1.165) is 76.1 Å². The molecule has 5 fully saturated rings. The van der Waals surface area contributed by atoms with Crippen molar-refractivity contribution in [3.8, 4) is 5.75 Å². The molecule has 0 unspecified atom stereocenters. The topological polar surface area (TPSA) is 56.2 Å². The predicted molar refractivity (Wildman–Crippen MR) is 152 cm³/mol. The molecule has 5 aliphatic rings. The van der Waals surface area contributed by atoms with E-state index in [0.29, 0.717) is 17.3 Å². The van der Waals surface area contributed by atoms with E-state index in [4.69, 9.17) is 4.74 Å². The predicted octanol–water partition coefficient (Wildman–Crippen LogP) is 5.34. The maximum absolute atomic E-state index is 11.9. The molecule has 8 atom stereocenters. The molecule has 1 aliphatic heterocycles. The lowest BCUT2D eigenvalue weighted by molar-refractivity contribution is -0.171. The SMILES string of the molecule is COc1cccc(CN2CCN(C[C@@]3(O)CC[C@@]4(C)[C@@H](CC[C@@H]5[C@@H]4CC[C@@]4(C)[C@H]5CC[C@]4(C)O)C3)CC2)c1. The molecule has 6 rings (SSSR count). The second-order valence-corrected chi connectivity index (χ2v) is 14.8. The van der Waals surface area contributed by atoms with E-state index in [1.165, 1.54) is 44.1 Å². The molecule has 1 aromatic rings. The van der Waals surface area contributed by atoms with Crippen LogP contribution in [0.1, 0.15) is 84.1 Å². The quantitative estimate of drug-likeness (QED) is 0.545. The summed E-state index contributed by atoms with van der Waals surface area (Å²) in [6.07, 6.45) is 10.3. The molecule has 4 saturated carbocycles. The zero-order valence-electron chi connectivity index (χ0n) is 24.4. The van der Waals surface area contributed by atoms with Crippen molar-refractivity contribution in [1.82, 2.24) is 9.80 Å². The normalized spacial score (nSPS) is 45.7. The molecule has 1 aromatic carbocycles. The molecule has 0 amide bonds. The molecule has 0 aromatic heterocycles. The first kappa shape index (κ1) is 27.1. The highest BCUT2D eigenvalue weighted by molar-refractivity contribution is 5.28. The molecular weight excluding hydrogens is 472 g/mol. The zero-order chi connectivity index (χ0) is 26.8. The molecule has 2 N–H and O–H groups in total. The van der Waals surface area contributed by atoms with Gasteiger partial charge in [-0.25, -0.2) is 0 Å². The third-order valence-corrected chi connectivity index (χ3v) is 12.9. The summed E-state index contributed by atoms with van der Waals surface area (Å²) in [5.41, 5.74) is 0.738. The Hall–Kier alpha value is -1.14. The second kappa shape index (κ2) is 9.75. The molecule has 0 bridgehead atoms. The van der Waals surface area contributed by atoms with Crippen LogP contribution in [0.15, 0.2) is 24.3 Å². The number of aliphatic hydroxyl groups is 2. The lowest BCUT2D eigenvalue weighted by Gasteiger charge is -2.62. The molecular formula is C33H52N2O3. The van der Waals surface area contributed by atoms with Crippen LogP contribution in [0.2, 0.25) is 0 Å². The Morgan fingerprint density at radius 2 is 1.61 bits per heavy atom. The van der Waals surface area contributed by atoms with E-state index in [-0.39, 0.29) is 5.41 Å². The standard InChI is InChI=1S/C33H52N2O3/c1-30-14-15-33(37,23-35-18-16-34(17-19-35)22-24-6-5-7-26(20-24)38-4)21-25(30)8-9-27-28(30)10-12-31(2)29(27)11-13-32(31,3)36/h5-7,20,25,27-29,36-37H,8-19,21-23H2,1-4H3/t25-,27+,28-,29-,30-,31-,32-,33+/m0/s1. The summed E-state index contributed by atoms with van der Waals surface area (Å²) in [5, 5.41) is 23.1. The highest BCUT2D eigenvalue weighted by atomic mass is 16.5. The van der Waals surface area contributed by atoms with Crippen molar-refractivity contribution in [2.75, 3.05) is 39.8 Å². The van der Waals surface area contributed by atoms with E-state index in [2.05, 4.69) is 48.8 Å². The van der Waals surface area contributed by atoms with Gasteiger partial charge in [-0.05, 0) is 117 Å². The Morgan fingerprint density at radius 1 is 0.868 bits per heavy atom. The monoisotopic (exact) mass is 524 g/mol. The van der Waals surface area contributed by atoms with Crippen LogP contribution in [0.3, 0.4) is 0 Å². The number of rotatable bonds is 5. The average molecular weight is 525 g/mol. The fourth-order valence-corrected chi connectivity index (χ4v) is 10.3. The summed E-state index contributed by atoms with van der Waals surface area (Å²) >= 11 is 0. The highest BCUT2D eigenvalue weighted by Gasteiger charge is 2.63. The van der Waals surface area contributed by atoms with Crippen LogP contribution >= 0.6 is 0 Å². The van der Waals surface area contributed by atoms with Crippen LogP contribution in [0.25, 0.3) is 0 Å². The number of fused-ring (bicyclic) bond motifs is 5. The highest BCUT2D eigenvalue weighted by Crippen LogP contribution is 2.68. The van der Waals surface area contributed by atoms with Gasteiger partial charge in [-0.3, -0.25) is 9.80 Å². The van der Waals surface area contributed by atoms with E-state index in [1.54, 1.807) is 7.11 Å². The fourth-order valence-electron chi connectivity index (χ4n) is 10.3. The summed E-state index contributed by atoms with van der Waals surface area (Å²) in [7, 11) is 1.73. The van der Waals surface area contributed by atoms with Crippen molar-refractivity contribution in [2.24, 2.45) is 34.5 Å². The number of ether oxygens (including phenoxy) is 1. The Balaban J connectivity index is 1.05. The van der Waals surface area contributed by atoms with Gasteiger partial charge in [0.25, 0.3) is 0 Å². The smallest absolute Gasteiger partial charge is 0.119 e. The lowest BCUT2D eigenvalue weighted by Crippen LogP contribution is -2.59. The molecule has 0 spiro atoms. The number of methoxy groups -OCH3 is 1. The van der Waals surface area contributed by atoms with Crippen LogP contribution in [0, 0.1) is 34.5 Å². The third-order valence-electron chi connectivity index (χ3n) is 12.9. The third kappa shape index (κ3) is 4.54. The van der Waals surface area contributed by atoms with Gasteiger partial charge < -0.3 is 14.9 Å². The van der Waals surface area contributed by atoms with Crippen LogP contribution in [0.5, 0.6) is 5.75 Å². The Labute approximate surface area is 230 Å². The Kier molecular flexibility index (Phi) is 6.94. The number of β-amino-alcohol motifs (C(OH)–C–C–N with tert-alkyl or cyclic N) is 1. The minimum atomic E-state index is -0.536. The average Bonchev–Trinajstić information content (AvgIpc) is 3.14. The van der Waals surface area contributed by atoms with E-state index < -0.39 is 11.2 Å². The number of nitrogens with zero attached hydrogens (tertiary/aromatic N) is 2. The summed E-state index contributed by atoms with van der Waals surface area (Å²) in [6, 6.07) is 8.42. The van der Waals surface area contributed by atoms with Gasteiger partial charge in [0.2, 0.25) is 0 Å². The first-order valence-electron chi connectivity index (χ1n) is 15.6. The van der Waals surface area contributed by atoms with Gasteiger partial charge in [-0.2, -0.15) is 0 Å². The van der Waals surface area contributed by atoms with Crippen molar-refractivity contribution in [3.63, 3.8) is 0 Å². The van der Waals surface area contributed by atoms with Gasteiger partial charge in [0.05, 0.1) is 18.3 Å². The van der Waals surface area contributed by atoms with Crippen molar-refractivity contribution in [1.29, 1.82) is 0 Å². The molecule has 5 nitrogen and oxygen atoms in total. The maximum Gasteiger partial charge on any atom is 0.119 e. The number of benzene rings is 1. The van der Waals surface area contributed by atoms with Gasteiger partial charge in [0.1, 0.15) is 5.75 Å². The van der Waals surface area contributed by atoms with Gasteiger partial charge in [0.15, 0.2) is 0 Å².